The van der Waals surface area contributed by atoms with Gasteiger partial charge in [-0.25, -0.2) is 0 Å². The summed E-state index contributed by atoms with van der Waals surface area (Å²) < 4.78 is 0. The number of piperidine rings is 1. The first kappa shape index (κ1) is 12.8. The van der Waals surface area contributed by atoms with Crippen LogP contribution in [0.2, 0.25) is 0 Å². The first-order valence-electron chi connectivity index (χ1n) is 6.75. The van der Waals surface area contributed by atoms with Crippen LogP contribution in [-0.2, 0) is 4.79 Å². The number of nitrogens with zero attached hydrogens (tertiary/aromatic N) is 2. The minimum absolute atomic E-state index is 0.219. The highest BCUT2D eigenvalue weighted by Crippen LogP contribution is 2.23. The van der Waals surface area contributed by atoms with E-state index in [1.54, 1.807) is 0 Å². The molecule has 4 heteroatoms. The molecule has 0 aromatic heterocycles. The molecule has 3 atom stereocenters. The van der Waals surface area contributed by atoms with Crippen molar-refractivity contribution in [3.8, 4) is 0 Å². The van der Waals surface area contributed by atoms with E-state index in [0.29, 0.717) is 17.9 Å². The number of carbonyl (C=O) groups is 1. The van der Waals surface area contributed by atoms with Gasteiger partial charge in [-0.1, -0.05) is 6.92 Å². The molecule has 1 amide bonds. The Morgan fingerprint density at radius 3 is 2.65 bits per heavy atom. The predicted molar refractivity (Wildman–Crippen MR) is 68.8 cm³/mol. The Kier molecular flexibility index (Phi) is 4.05. The molecule has 0 aromatic carbocycles. The van der Waals surface area contributed by atoms with E-state index in [4.69, 9.17) is 0 Å². The molecule has 2 heterocycles. The van der Waals surface area contributed by atoms with Gasteiger partial charge in [-0.05, 0) is 39.4 Å². The second kappa shape index (κ2) is 5.36. The van der Waals surface area contributed by atoms with Gasteiger partial charge in [-0.15, -0.1) is 0 Å². The second-order valence-corrected chi connectivity index (χ2v) is 5.79. The minimum atomic E-state index is 0.219. The van der Waals surface area contributed by atoms with Crippen molar-refractivity contribution in [3.63, 3.8) is 0 Å². The Labute approximate surface area is 104 Å². The molecular weight excluding hydrogens is 214 g/mol. The molecule has 0 bridgehead atoms. The smallest absolute Gasteiger partial charge is 0.227 e. The molecule has 0 aromatic rings. The molecule has 0 spiro atoms. The van der Waals surface area contributed by atoms with Crippen molar-refractivity contribution in [2.45, 2.75) is 25.8 Å². The first-order valence-corrected chi connectivity index (χ1v) is 6.75. The lowest BCUT2D eigenvalue weighted by atomic mass is 9.98. The van der Waals surface area contributed by atoms with Crippen molar-refractivity contribution in [3.05, 3.63) is 0 Å². The highest BCUT2D eigenvalue weighted by Gasteiger charge is 2.36. The fourth-order valence-electron chi connectivity index (χ4n) is 3.12. The highest BCUT2D eigenvalue weighted by atomic mass is 16.2. The van der Waals surface area contributed by atoms with E-state index in [2.05, 4.69) is 36.1 Å². The average molecular weight is 239 g/mol. The van der Waals surface area contributed by atoms with Crippen LogP contribution in [0.25, 0.3) is 0 Å². The zero-order chi connectivity index (χ0) is 12.4. The van der Waals surface area contributed by atoms with Gasteiger partial charge in [0, 0.05) is 25.7 Å². The van der Waals surface area contributed by atoms with Crippen LogP contribution in [0, 0.1) is 11.8 Å². The van der Waals surface area contributed by atoms with E-state index >= 15 is 0 Å². The van der Waals surface area contributed by atoms with Crippen LogP contribution in [-0.4, -0.2) is 62.0 Å². The van der Waals surface area contributed by atoms with Crippen LogP contribution < -0.4 is 5.32 Å². The number of hydrogen-bond donors (Lipinski definition) is 1. The van der Waals surface area contributed by atoms with Gasteiger partial charge in [0.15, 0.2) is 0 Å². The molecule has 1 N–H and O–H groups in total. The molecule has 17 heavy (non-hydrogen) atoms. The van der Waals surface area contributed by atoms with E-state index in [0.717, 1.165) is 39.0 Å². The maximum absolute atomic E-state index is 12.4. The Balaban J connectivity index is 1.92. The largest absolute Gasteiger partial charge is 0.341 e. The van der Waals surface area contributed by atoms with Crippen LogP contribution in [0.1, 0.15) is 19.8 Å². The quantitative estimate of drug-likeness (QED) is 0.757. The van der Waals surface area contributed by atoms with E-state index in [9.17, 15) is 4.79 Å². The summed E-state index contributed by atoms with van der Waals surface area (Å²) in [7, 11) is 4.22. The van der Waals surface area contributed by atoms with Crippen molar-refractivity contribution in [2.75, 3.05) is 40.3 Å². The van der Waals surface area contributed by atoms with Crippen LogP contribution in [0.4, 0.5) is 0 Å². The molecule has 2 saturated heterocycles. The molecule has 2 aliphatic heterocycles. The summed E-state index contributed by atoms with van der Waals surface area (Å²) in [6, 6.07) is 0.524. The van der Waals surface area contributed by atoms with Gasteiger partial charge in [0.25, 0.3) is 0 Å². The number of nitrogens with one attached hydrogen (secondary N) is 1. The number of likely N-dealkylation sites (tertiary alicyclic amines) is 1. The standard InChI is InChI=1S/C13H25N3O/c1-10-8-16(9-12(10)15(2)3)13(17)11-5-4-6-14-7-11/h10-12,14H,4-9H2,1-3H3/t10?,11-,12?/m0/s1. The number of likely N-dealkylation sites (N-methyl/N-ethyl adjacent to an activating group) is 1. The Hall–Kier alpha value is -0.610. The van der Waals surface area contributed by atoms with Crippen molar-refractivity contribution in [1.29, 1.82) is 0 Å². The monoisotopic (exact) mass is 239 g/mol. The predicted octanol–water partition coefficient (Wildman–Crippen LogP) is 0.395. The number of rotatable bonds is 2. The highest BCUT2D eigenvalue weighted by molar-refractivity contribution is 5.79. The summed E-state index contributed by atoms with van der Waals surface area (Å²) >= 11 is 0. The molecule has 98 valence electrons. The zero-order valence-corrected chi connectivity index (χ0v) is 11.3. The molecule has 2 rings (SSSR count). The summed E-state index contributed by atoms with van der Waals surface area (Å²) in [5, 5.41) is 3.33. The number of hydrogen-bond acceptors (Lipinski definition) is 3. The number of amides is 1. The third-order valence-electron chi connectivity index (χ3n) is 4.19. The van der Waals surface area contributed by atoms with Gasteiger partial charge in [0.2, 0.25) is 5.91 Å². The molecule has 0 aliphatic carbocycles. The van der Waals surface area contributed by atoms with Crippen LogP contribution >= 0.6 is 0 Å². The first-order chi connectivity index (χ1) is 8.09. The van der Waals surface area contributed by atoms with Crippen molar-refractivity contribution in [2.24, 2.45) is 11.8 Å². The summed E-state index contributed by atoms with van der Waals surface area (Å²) in [4.78, 5) is 16.7. The summed E-state index contributed by atoms with van der Waals surface area (Å²) in [5.74, 6) is 1.18. The Morgan fingerprint density at radius 2 is 2.12 bits per heavy atom. The lowest BCUT2D eigenvalue weighted by molar-refractivity contribution is -0.135. The molecule has 2 fully saturated rings. The van der Waals surface area contributed by atoms with Gasteiger partial charge in [-0.2, -0.15) is 0 Å². The molecule has 0 saturated carbocycles. The maximum atomic E-state index is 12.4. The summed E-state index contributed by atoms with van der Waals surface area (Å²) in [6.45, 7) is 6.02. The lowest BCUT2D eigenvalue weighted by Crippen LogP contribution is -2.43. The fraction of sp³-hybridized carbons (Fsp3) is 0.923. The summed E-state index contributed by atoms with van der Waals surface area (Å²) in [6.07, 6.45) is 2.19. The van der Waals surface area contributed by atoms with Crippen molar-refractivity contribution in [1.82, 2.24) is 15.1 Å². The van der Waals surface area contributed by atoms with Gasteiger partial charge >= 0.3 is 0 Å². The molecule has 2 aliphatic rings. The van der Waals surface area contributed by atoms with Crippen LogP contribution in [0.3, 0.4) is 0 Å². The third-order valence-corrected chi connectivity index (χ3v) is 4.19. The second-order valence-electron chi connectivity index (χ2n) is 5.79. The van der Waals surface area contributed by atoms with E-state index in [-0.39, 0.29) is 5.92 Å². The van der Waals surface area contributed by atoms with E-state index in [1.165, 1.54) is 0 Å². The fourth-order valence-corrected chi connectivity index (χ4v) is 3.12. The van der Waals surface area contributed by atoms with Gasteiger partial charge < -0.3 is 15.1 Å². The SMILES string of the molecule is CC1CN(C(=O)[C@H]2CCCNC2)CC1N(C)C. The lowest BCUT2D eigenvalue weighted by Gasteiger charge is -2.27. The normalized spacial score (nSPS) is 34.4. The third kappa shape index (κ3) is 2.80. The minimum Gasteiger partial charge on any atom is -0.341 e. The summed E-state index contributed by atoms with van der Waals surface area (Å²) in [5.41, 5.74) is 0. The van der Waals surface area contributed by atoms with Crippen molar-refractivity contribution < 1.29 is 4.79 Å². The van der Waals surface area contributed by atoms with E-state index < -0.39 is 0 Å². The van der Waals surface area contributed by atoms with Crippen LogP contribution in [0.15, 0.2) is 0 Å². The number of carbonyl (C=O) groups excluding carboxylic acids is 1. The molecular formula is C13H25N3O. The topological polar surface area (TPSA) is 35.6 Å². The van der Waals surface area contributed by atoms with E-state index in [1.807, 2.05) is 0 Å². The zero-order valence-electron chi connectivity index (χ0n) is 11.3. The van der Waals surface area contributed by atoms with Gasteiger partial charge in [0.05, 0.1) is 5.92 Å². The molecule has 0 radical (unpaired) electrons. The average Bonchev–Trinajstić information content (AvgIpc) is 2.71. The Morgan fingerprint density at radius 1 is 1.35 bits per heavy atom. The Bertz CT molecular complexity index is 274. The van der Waals surface area contributed by atoms with Gasteiger partial charge in [0.1, 0.15) is 0 Å². The van der Waals surface area contributed by atoms with Crippen LogP contribution in [0.5, 0.6) is 0 Å². The van der Waals surface area contributed by atoms with Crippen molar-refractivity contribution >= 4 is 5.91 Å². The molecule has 4 nitrogen and oxygen atoms in total. The van der Waals surface area contributed by atoms with Gasteiger partial charge in [-0.3, -0.25) is 4.79 Å². The maximum Gasteiger partial charge on any atom is 0.227 e. The molecule has 2 unspecified atom stereocenters.